The quantitative estimate of drug-likeness (QED) is 0.358. The zero-order chi connectivity index (χ0) is 13.1. The molecule has 1 unspecified atom stereocenters. The van der Waals surface area contributed by atoms with Gasteiger partial charge in [-0.15, -0.1) is 0 Å². The summed E-state index contributed by atoms with van der Waals surface area (Å²) in [6.45, 7) is 1.21. The molecule has 18 heavy (non-hydrogen) atoms. The number of aromatic nitrogens is 2. The average molecular weight is 253 g/mol. The molecule has 1 saturated heterocycles. The molecule has 0 saturated carbocycles. The molecule has 9 heteroatoms. The Hall–Kier alpha value is -2.13. The standard InChI is InChI=1S/C9H15N7O2/c10-8(17)5-4-18-2-1-16(5)7-3-6(15-12)13-9(11)14-7/h3,5H,1-2,4,12H2,(H2,10,17)(H3,11,13,14,15). The van der Waals surface area contributed by atoms with Crippen molar-refractivity contribution >= 4 is 23.5 Å². The van der Waals surface area contributed by atoms with E-state index in [1.807, 2.05) is 0 Å². The van der Waals surface area contributed by atoms with Crippen molar-refractivity contribution in [3.05, 3.63) is 6.07 Å². The van der Waals surface area contributed by atoms with Gasteiger partial charge in [-0.3, -0.25) is 4.79 Å². The van der Waals surface area contributed by atoms with Gasteiger partial charge in [-0.2, -0.15) is 9.97 Å². The number of carbonyl (C=O) groups is 1. The second kappa shape index (κ2) is 5.02. The van der Waals surface area contributed by atoms with Crippen molar-refractivity contribution in [3.63, 3.8) is 0 Å². The van der Waals surface area contributed by atoms with Gasteiger partial charge in [0, 0.05) is 12.6 Å². The van der Waals surface area contributed by atoms with E-state index in [2.05, 4.69) is 15.4 Å². The van der Waals surface area contributed by atoms with E-state index in [0.29, 0.717) is 24.8 Å². The highest BCUT2D eigenvalue weighted by atomic mass is 16.5. The second-order valence-electron chi connectivity index (χ2n) is 3.80. The van der Waals surface area contributed by atoms with Crippen LogP contribution in [0.15, 0.2) is 6.07 Å². The fraction of sp³-hybridized carbons (Fsp3) is 0.444. The highest BCUT2D eigenvalue weighted by molar-refractivity contribution is 5.83. The minimum Gasteiger partial charge on any atom is -0.377 e. The Labute approximate surface area is 103 Å². The van der Waals surface area contributed by atoms with E-state index < -0.39 is 11.9 Å². The number of anilines is 3. The van der Waals surface area contributed by atoms with Gasteiger partial charge in [0.05, 0.1) is 13.2 Å². The van der Waals surface area contributed by atoms with Gasteiger partial charge in [0.25, 0.3) is 0 Å². The maximum Gasteiger partial charge on any atom is 0.242 e. The van der Waals surface area contributed by atoms with Crippen molar-refractivity contribution in [2.75, 3.05) is 35.8 Å². The van der Waals surface area contributed by atoms with Crippen LogP contribution in [0, 0.1) is 0 Å². The Morgan fingerprint density at radius 2 is 2.33 bits per heavy atom. The molecule has 0 bridgehead atoms. The molecule has 1 atom stereocenters. The third-order valence-electron chi connectivity index (χ3n) is 2.63. The van der Waals surface area contributed by atoms with Gasteiger partial charge in [0.15, 0.2) is 0 Å². The van der Waals surface area contributed by atoms with E-state index in [0.717, 1.165) is 0 Å². The van der Waals surface area contributed by atoms with Gasteiger partial charge < -0.3 is 26.5 Å². The van der Waals surface area contributed by atoms with Crippen LogP contribution in [0.4, 0.5) is 17.6 Å². The molecule has 0 aromatic carbocycles. The summed E-state index contributed by atoms with van der Waals surface area (Å²) in [6.07, 6.45) is 0. The molecule has 1 aliphatic heterocycles. The fourth-order valence-corrected chi connectivity index (χ4v) is 1.79. The molecular weight excluding hydrogens is 238 g/mol. The second-order valence-corrected chi connectivity index (χ2v) is 3.80. The zero-order valence-electron chi connectivity index (χ0n) is 9.67. The Morgan fingerprint density at radius 1 is 1.56 bits per heavy atom. The van der Waals surface area contributed by atoms with Crippen LogP contribution in [-0.4, -0.2) is 41.7 Å². The molecule has 1 fully saturated rings. The normalized spacial score (nSPS) is 19.6. The van der Waals surface area contributed by atoms with Crippen LogP contribution in [0.5, 0.6) is 0 Å². The van der Waals surface area contributed by atoms with Crippen molar-refractivity contribution in [2.24, 2.45) is 11.6 Å². The summed E-state index contributed by atoms with van der Waals surface area (Å²) in [7, 11) is 0. The largest absolute Gasteiger partial charge is 0.377 e. The van der Waals surface area contributed by atoms with Crippen LogP contribution >= 0.6 is 0 Å². The SMILES string of the molecule is NNc1cc(N2CCOCC2C(N)=O)nc(N)n1. The molecular formula is C9H15N7O2. The molecule has 0 spiro atoms. The fourth-order valence-electron chi connectivity index (χ4n) is 1.79. The third-order valence-corrected chi connectivity index (χ3v) is 2.63. The van der Waals surface area contributed by atoms with Crippen LogP contribution in [0.2, 0.25) is 0 Å². The summed E-state index contributed by atoms with van der Waals surface area (Å²) in [5.41, 5.74) is 13.3. The van der Waals surface area contributed by atoms with E-state index in [-0.39, 0.29) is 12.6 Å². The first-order chi connectivity index (χ1) is 8.61. The predicted octanol–water partition coefficient (Wildman–Crippen LogP) is -1.97. The average Bonchev–Trinajstić information content (AvgIpc) is 2.38. The van der Waals surface area contributed by atoms with Crippen molar-refractivity contribution in [2.45, 2.75) is 6.04 Å². The van der Waals surface area contributed by atoms with Crippen LogP contribution in [0.3, 0.4) is 0 Å². The Kier molecular flexibility index (Phi) is 3.44. The van der Waals surface area contributed by atoms with E-state index in [4.69, 9.17) is 22.0 Å². The number of hydrazine groups is 1. The van der Waals surface area contributed by atoms with Gasteiger partial charge in [-0.1, -0.05) is 0 Å². The molecule has 1 aromatic rings. The Bertz CT molecular complexity index is 453. The van der Waals surface area contributed by atoms with Gasteiger partial charge in [-0.05, 0) is 0 Å². The first-order valence-electron chi connectivity index (χ1n) is 5.36. The van der Waals surface area contributed by atoms with E-state index in [9.17, 15) is 4.79 Å². The van der Waals surface area contributed by atoms with Gasteiger partial charge in [0.1, 0.15) is 17.7 Å². The summed E-state index contributed by atoms with van der Waals surface area (Å²) in [5, 5.41) is 0. The van der Waals surface area contributed by atoms with Crippen LogP contribution in [0.1, 0.15) is 0 Å². The topological polar surface area (TPSA) is 145 Å². The lowest BCUT2D eigenvalue weighted by molar-refractivity contribution is -0.121. The minimum atomic E-state index is -0.571. The Morgan fingerprint density at radius 3 is 3.00 bits per heavy atom. The number of ether oxygens (including phenoxy) is 1. The van der Waals surface area contributed by atoms with E-state index in [1.54, 1.807) is 11.0 Å². The van der Waals surface area contributed by atoms with Crippen LogP contribution in [0.25, 0.3) is 0 Å². The summed E-state index contributed by atoms with van der Waals surface area (Å²) in [4.78, 5) is 21.0. The molecule has 98 valence electrons. The molecule has 1 aromatic heterocycles. The summed E-state index contributed by atoms with van der Waals surface area (Å²) < 4.78 is 5.22. The smallest absolute Gasteiger partial charge is 0.242 e. The summed E-state index contributed by atoms with van der Waals surface area (Å²) in [5.74, 6) is 5.72. The van der Waals surface area contributed by atoms with Gasteiger partial charge in [-0.25, -0.2) is 5.84 Å². The first kappa shape index (κ1) is 12.3. The van der Waals surface area contributed by atoms with Gasteiger partial charge >= 0.3 is 0 Å². The summed E-state index contributed by atoms with van der Waals surface area (Å²) >= 11 is 0. The number of morpholine rings is 1. The highest BCUT2D eigenvalue weighted by Gasteiger charge is 2.29. The number of amides is 1. The van der Waals surface area contributed by atoms with Gasteiger partial charge in [0.2, 0.25) is 11.9 Å². The zero-order valence-corrected chi connectivity index (χ0v) is 9.67. The lowest BCUT2D eigenvalue weighted by atomic mass is 10.2. The van der Waals surface area contributed by atoms with Crippen molar-refractivity contribution in [1.29, 1.82) is 0 Å². The number of hydrogen-bond acceptors (Lipinski definition) is 8. The minimum absolute atomic E-state index is 0.0650. The predicted molar refractivity (Wildman–Crippen MR) is 65.4 cm³/mol. The monoisotopic (exact) mass is 253 g/mol. The molecule has 7 N–H and O–H groups in total. The summed E-state index contributed by atoms with van der Waals surface area (Å²) in [6, 6.07) is 1.02. The number of hydrogen-bond donors (Lipinski definition) is 4. The lowest BCUT2D eigenvalue weighted by Gasteiger charge is -2.34. The molecule has 1 amide bonds. The number of nitrogens with zero attached hydrogens (tertiary/aromatic N) is 3. The number of carbonyl (C=O) groups excluding carboxylic acids is 1. The maximum absolute atomic E-state index is 11.4. The first-order valence-corrected chi connectivity index (χ1v) is 5.36. The van der Waals surface area contributed by atoms with Crippen molar-refractivity contribution in [1.82, 2.24) is 9.97 Å². The number of primary amides is 1. The third kappa shape index (κ3) is 2.41. The molecule has 0 aliphatic carbocycles. The van der Waals surface area contributed by atoms with Crippen LogP contribution in [-0.2, 0) is 9.53 Å². The van der Waals surface area contributed by atoms with E-state index >= 15 is 0 Å². The molecule has 0 radical (unpaired) electrons. The molecule has 2 heterocycles. The maximum atomic E-state index is 11.4. The van der Waals surface area contributed by atoms with Crippen molar-refractivity contribution in [3.8, 4) is 0 Å². The molecule has 1 aliphatic rings. The highest BCUT2D eigenvalue weighted by Crippen LogP contribution is 2.20. The lowest BCUT2D eigenvalue weighted by Crippen LogP contribution is -2.53. The number of nitrogen functional groups attached to an aromatic ring is 2. The Balaban J connectivity index is 2.33. The van der Waals surface area contributed by atoms with Crippen LogP contribution < -0.4 is 27.6 Å². The number of rotatable bonds is 3. The number of nitrogens with one attached hydrogen (secondary N) is 1. The molecule has 2 rings (SSSR count). The van der Waals surface area contributed by atoms with E-state index in [1.165, 1.54) is 0 Å². The number of nitrogens with two attached hydrogens (primary N) is 3. The van der Waals surface area contributed by atoms with Crippen molar-refractivity contribution < 1.29 is 9.53 Å². The molecule has 9 nitrogen and oxygen atoms in total.